The molecule has 1 aromatic carbocycles. The van der Waals surface area contributed by atoms with E-state index in [1.807, 2.05) is 42.3 Å². The highest BCUT2D eigenvalue weighted by atomic mass is 16.3. The molecule has 0 aromatic heterocycles. The van der Waals surface area contributed by atoms with E-state index in [0.717, 1.165) is 5.56 Å². The molecule has 1 rings (SSSR count). The molecule has 4 nitrogen and oxygen atoms in total. The molecule has 0 amide bonds. The van der Waals surface area contributed by atoms with E-state index in [9.17, 15) is 15.3 Å². The highest BCUT2D eigenvalue weighted by Gasteiger charge is 2.38. The second-order valence-electron chi connectivity index (χ2n) is 5.41. The van der Waals surface area contributed by atoms with Gasteiger partial charge in [-0.15, -0.1) is 0 Å². The summed E-state index contributed by atoms with van der Waals surface area (Å²) in [4.78, 5) is 1.88. The van der Waals surface area contributed by atoms with Crippen molar-refractivity contribution in [3.05, 3.63) is 35.9 Å². The van der Waals surface area contributed by atoms with Gasteiger partial charge >= 0.3 is 0 Å². The predicted molar refractivity (Wildman–Crippen MR) is 75.8 cm³/mol. The molecule has 0 bridgehead atoms. The van der Waals surface area contributed by atoms with Gasteiger partial charge in [-0.2, -0.15) is 0 Å². The lowest BCUT2D eigenvalue weighted by Gasteiger charge is -2.44. The Morgan fingerprint density at radius 1 is 1.00 bits per heavy atom. The number of hydrogen-bond acceptors (Lipinski definition) is 4. The molecule has 3 N–H and O–H groups in total. The van der Waals surface area contributed by atoms with E-state index in [1.54, 1.807) is 0 Å². The highest BCUT2D eigenvalue weighted by Crippen LogP contribution is 2.32. The molecule has 0 aliphatic heterocycles. The van der Waals surface area contributed by atoms with E-state index < -0.39 is 5.54 Å². The van der Waals surface area contributed by atoms with Gasteiger partial charge in [0, 0.05) is 6.04 Å². The standard InChI is InChI=1S/C15H25NO3/c1-12(2)14(13-7-5-4-6-8-13)16(3)15(9-17,10-18)11-19/h4-8,12,14,17-19H,9-11H2,1-3H3. The van der Waals surface area contributed by atoms with Crippen molar-refractivity contribution in [3.8, 4) is 0 Å². The number of hydrogen-bond donors (Lipinski definition) is 3. The molecule has 1 aromatic rings. The summed E-state index contributed by atoms with van der Waals surface area (Å²) in [5.41, 5.74) is 0.102. The number of benzene rings is 1. The zero-order chi connectivity index (χ0) is 14.5. The van der Waals surface area contributed by atoms with E-state index in [1.165, 1.54) is 0 Å². The van der Waals surface area contributed by atoms with E-state index in [0.29, 0.717) is 0 Å². The fourth-order valence-corrected chi connectivity index (χ4v) is 2.49. The monoisotopic (exact) mass is 267 g/mol. The summed E-state index contributed by atoms with van der Waals surface area (Å²) in [5.74, 6) is 0.288. The van der Waals surface area contributed by atoms with Crippen molar-refractivity contribution in [2.75, 3.05) is 26.9 Å². The Bertz CT molecular complexity index is 355. The van der Waals surface area contributed by atoms with Crippen molar-refractivity contribution in [1.29, 1.82) is 0 Å². The van der Waals surface area contributed by atoms with Crippen molar-refractivity contribution in [2.24, 2.45) is 5.92 Å². The third kappa shape index (κ3) is 3.34. The molecule has 0 aliphatic carbocycles. The Balaban J connectivity index is 3.13. The SMILES string of the molecule is CC(C)C(c1ccccc1)N(C)C(CO)(CO)CO. The first kappa shape index (κ1) is 16.1. The molecule has 0 saturated carbocycles. The van der Waals surface area contributed by atoms with E-state index in [4.69, 9.17) is 0 Å². The van der Waals surface area contributed by atoms with Crippen LogP contribution in [0.15, 0.2) is 30.3 Å². The van der Waals surface area contributed by atoms with Gasteiger partial charge in [0.2, 0.25) is 0 Å². The zero-order valence-corrected chi connectivity index (χ0v) is 12.0. The Morgan fingerprint density at radius 2 is 1.47 bits per heavy atom. The summed E-state index contributed by atoms with van der Waals surface area (Å²) in [5, 5.41) is 28.7. The van der Waals surface area contributed by atoms with Crippen molar-refractivity contribution < 1.29 is 15.3 Å². The van der Waals surface area contributed by atoms with Gasteiger partial charge in [-0.05, 0) is 18.5 Å². The molecule has 0 heterocycles. The molecule has 0 aliphatic rings. The number of rotatable bonds is 7. The number of nitrogens with zero attached hydrogens (tertiary/aromatic N) is 1. The summed E-state index contributed by atoms with van der Waals surface area (Å²) in [6.07, 6.45) is 0. The maximum Gasteiger partial charge on any atom is 0.0909 e. The predicted octanol–water partition coefficient (Wildman–Crippen LogP) is 1.03. The largest absolute Gasteiger partial charge is 0.394 e. The molecule has 1 atom stereocenters. The normalized spacial score (nSPS) is 14.1. The van der Waals surface area contributed by atoms with Crippen LogP contribution in [-0.4, -0.2) is 52.6 Å². The third-order valence-electron chi connectivity index (χ3n) is 3.82. The summed E-state index contributed by atoms with van der Waals surface area (Å²) >= 11 is 0. The van der Waals surface area contributed by atoms with E-state index in [2.05, 4.69) is 13.8 Å². The maximum absolute atomic E-state index is 9.56. The first-order valence-corrected chi connectivity index (χ1v) is 6.63. The molecule has 0 spiro atoms. The molecule has 0 saturated heterocycles. The quantitative estimate of drug-likeness (QED) is 0.690. The van der Waals surface area contributed by atoms with Crippen LogP contribution in [0, 0.1) is 5.92 Å². The van der Waals surface area contributed by atoms with Gasteiger partial charge in [0.25, 0.3) is 0 Å². The van der Waals surface area contributed by atoms with E-state index >= 15 is 0 Å². The minimum atomic E-state index is -1.01. The van der Waals surface area contributed by atoms with Gasteiger partial charge in [-0.1, -0.05) is 44.2 Å². The molecule has 0 fully saturated rings. The average Bonchev–Trinajstić information content (AvgIpc) is 2.42. The highest BCUT2D eigenvalue weighted by molar-refractivity contribution is 5.20. The molecular weight excluding hydrogens is 242 g/mol. The third-order valence-corrected chi connectivity index (χ3v) is 3.82. The van der Waals surface area contributed by atoms with Gasteiger partial charge in [0.05, 0.1) is 25.4 Å². The smallest absolute Gasteiger partial charge is 0.0909 e. The fraction of sp³-hybridized carbons (Fsp3) is 0.600. The van der Waals surface area contributed by atoms with Crippen LogP contribution < -0.4 is 0 Å². The van der Waals surface area contributed by atoms with E-state index in [-0.39, 0.29) is 31.8 Å². The zero-order valence-electron chi connectivity index (χ0n) is 12.0. The first-order valence-electron chi connectivity index (χ1n) is 6.63. The van der Waals surface area contributed by atoms with Gasteiger partial charge in [-0.25, -0.2) is 0 Å². The maximum atomic E-state index is 9.56. The van der Waals surface area contributed by atoms with Crippen LogP contribution in [0.25, 0.3) is 0 Å². The van der Waals surface area contributed by atoms with Crippen LogP contribution in [-0.2, 0) is 0 Å². The average molecular weight is 267 g/mol. The molecule has 4 heteroatoms. The Hall–Kier alpha value is -0.940. The second kappa shape index (κ2) is 7.01. The van der Waals surface area contributed by atoms with Gasteiger partial charge < -0.3 is 15.3 Å². The minimum absolute atomic E-state index is 0.0210. The lowest BCUT2D eigenvalue weighted by molar-refractivity contribution is -0.0636. The molecular formula is C15H25NO3. The van der Waals surface area contributed by atoms with Crippen LogP contribution in [0.4, 0.5) is 0 Å². The van der Waals surface area contributed by atoms with Gasteiger partial charge in [0.15, 0.2) is 0 Å². The fourth-order valence-electron chi connectivity index (χ4n) is 2.49. The minimum Gasteiger partial charge on any atom is -0.394 e. The van der Waals surface area contributed by atoms with Crippen molar-refractivity contribution >= 4 is 0 Å². The first-order chi connectivity index (χ1) is 9.02. The summed E-state index contributed by atoms with van der Waals surface area (Å²) in [7, 11) is 1.83. The van der Waals surface area contributed by atoms with Gasteiger partial charge in [-0.3, -0.25) is 4.90 Å². The van der Waals surface area contributed by atoms with Crippen LogP contribution in [0.5, 0.6) is 0 Å². The molecule has 0 radical (unpaired) electrons. The Morgan fingerprint density at radius 3 is 1.84 bits per heavy atom. The van der Waals surface area contributed by atoms with Crippen LogP contribution in [0.3, 0.4) is 0 Å². The summed E-state index contributed by atoms with van der Waals surface area (Å²) in [6, 6.07) is 9.97. The molecule has 108 valence electrons. The topological polar surface area (TPSA) is 63.9 Å². The molecule has 19 heavy (non-hydrogen) atoms. The van der Waals surface area contributed by atoms with Crippen molar-refractivity contribution in [2.45, 2.75) is 25.4 Å². The van der Waals surface area contributed by atoms with Crippen molar-refractivity contribution in [3.63, 3.8) is 0 Å². The molecule has 1 unspecified atom stereocenters. The number of aliphatic hydroxyl groups is 3. The Labute approximate surface area is 115 Å². The van der Waals surface area contributed by atoms with Crippen molar-refractivity contribution in [1.82, 2.24) is 4.90 Å². The van der Waals surface area contributed by atoms with Gasteiger partial charge in [0.1, 0.15) is 0 Å². The summed E-state index contributed by atoms with van der Waals surface area (Å²) in [6.45, 7) is 3.32. The lowest BCUT2D eigenvalue weighted by atomic mass is 9.89. The van der Waals surface area contributed by atoms with Crippen LogP contribution in [0.1, 0.15) is 25.5 Å². The second-order valence-corrected chi connectivity index (χ2v) is 5.41. The van der Waals surface area contributed by atoms with Crippen LogP contribution >= 0.6 is 0 Å². The number of aliphatic hydroxyl groups excluding tert-OH is 3. The lowest BCUT2D eigenvalue weighted by Crippen LogP contribution is -2.57. The Kier molecular flexibility index (Phi) is 5.94. The van der Waals surface area contributed by atoms with Crippen LogP contribution in [0.2, 0.25) is 0 Å². The summed E-state index contributed by atoms with van der Waals surface area (Å²) < 4.78 is 0. The number of likely N-dealkylation sites (N-methyl/N-ethyl adjacent to an activating group) is 1.